The fourth-order valence-corrected chi connectivity index (χ4v) is 4.42. The quantitative estimate of drug-likeness (QED) is 0.893. The van der Waals surface area contributed by atoms with E-state index in [0.29, 0.717) is 24.9 Å². The molecule has 1 aromatic rings. The minimum Gasteiger partial charge on any atom is -0.349 e. The first-order valence-electron chi connectivity index (χ1n) is 9.78. The Morgan fingerprint density at radius 1 is 1.12 bits per heavy atom. The van der Waals surface area contributed by atoms with Gasteiger partial charge < -0.3 is 10.2 Å². The summed E-state index contributed by atoms with van der Waals surface area (Å²) in [7, 11) is 0. The second kappa shape index (κ2) is 6.81. The van der Waals surface area contributed by atoms with Crippen molar-refractivity contribution in [3.05, 3.63) is 35.4 Å². The zero-order chi connectivity index (χ0) is 17.4. The first-order chi connectivity index (χ1) is 12.1. The average Bonchev–Trinajstić information content (AvgIpc) is 3.14. The van der Waals surface area contributed by atoms with Crippen LogP contribution in [0.15, 0.2) is 24.3 Å². The minimum absolute atomic E-state index is 0.0614. The number of hydrogen-bond acceptors (Lipinski definition) is 2. The van der Waals surface area contributed by atoms with Crippen LogP contribution in [0.1, 0.15) is 62.1 Å². The molecule has 4 nitrogen and oxygen atoms in total. The van der Waals surface area contributed by atoms with Gasteiger partial charge in [0.25, 0.3) is 0 Å². The number of hydrogen-bond donors (Lipinski definition) is 1. The summed E-state index contributed by atoms with van der Waals surface area (Å²) in [6, 6.07) is 8.95. The third-order valence-electron chi connectivity index (χ3n) is 6.12. The van der Waals surface area contributed by atoms with E-state index >= 15 is 0 Å². The number of rotatable bonds is 5. The maximum Gasteiger partial charge on any atom is 0.225 e. The van der Waals surface area contributed by atoms with Gasteiger partial charge >= 0.3 is 0 Å². The second-order valence-corrected chi connectivity index (χ2v) is 8.12. The standard InChI is InChI=1S/C21H28N2O2/c1-14-6-8-15(9-7-14)20(16-10-11-16)22-21(25)17-12-19(24)23(13-17)18-4-2-3-5-18/h6-9,16-18,20H,2-5,10-13H2,1H3,(H,22,25)/t17-,20+/m0/s1. The topological polar surface area (TPSA) is 49.4 Å². The summed E-state index contributed by atoms with van der Waals surface area (Å²) < 4.78 is 0. The summed E-state index contributed by atoms with van der Waals surface area (Å²) in [5.41, 5.74) is 2.43. The van der Waals surface area contributed by atoms with Crippen LogP contribution < -0.4 is 5.32 Å². The fourth-order valence-electron chi connectivity index (χ4n) is 4.42. The van der Waals surface area contributed by atoms with Gasteiger partial charge in [0.05, 0.1) is 12.0 Å². The van der Waals surface area contributed by atoms with E-state index in [0.717, 1.165) is 12.8 Å². The highest BCUT2D eigenvalue weighted by Crippen LogP contribution is 2.41. The molecule has 1 heterocycles. The molecule has 0 bridgehead atoms. The molecule has 25 heavy (non-hydrogen) atoms. The molecule has 2 saturated carbocycles. The van der Waals surface area contributed by atoms with Crippen molar-refractivity contribution < 1.29 is 9.59 Å². The second-order valence-electron chi connectivity index (χ2n) is 8.12. The van der Waals surface area contributed by atoms with Crippen LogP contribution in [0, 0.1) is 18.8 Å². The highest BCUT2D eigenvalue weighted by atomic mass is 16.2. The lowest BCUT2D eigenvalue weighted by atomic mass is 9.99. The SMILES string of the molecule is Cc1ccc([C@@H](NC(=O)[C@H]2CC(=O)N(C3CCCC3)C2)C2CC2)cc1. The summed E-state index contributed by atoms with van der Waals surface area (Å²) in [4.78, 5) is 27.2. The number of benzene rings is 1. The average molecular weight is 340 g/mol. The van der Waals surface area contributed by atoms with E-state index in [1.54, 1.807) is 0 Å². The van der Waals surface area contributed by atoms with Crippen LogP contribution >= 0.6 is 0 Å². The molecular formula is C21H28N2O2. The lowest BCUT2D eigenvalue weighted by Crippen LogP contribution is -2.38. The summed E-state index contributed by atoms with van der Waals surface area (Å²) in [5, 5.41) is 3.27. The molecule has 1 N–H and O–H groups in total. The minimum atomic E-state index is -0.181. The summed E-state index contributed by atoms with van der Waals surface area (Å²) in [6.07, 6.45) is 7.37. The van der Waals surface area contributed by atoms with Gasteiger partial charge in [0.15, 0.2) is 0 Å². The number of likely N-dealkylation sites (tertiary alicyclic amines) is 1. The predicted octanol–water partition coefficient (Wildman–Crippen LogP) is 3.35. The molecular weight excluding hydrogens is 312 g/mol. The van der Waals surface area contributed by atoms with E-state index < -0.39 is 0 Å². The van der Waals surface area contributed by atoms with Gasteiger partial charge in [-0.15, -0.1) is 0 Å². The molecule has 0 spiro atoms. The van der Waals surface area contributed by atoms with E-state index in [9.17, 15) is 9.59 Å². The number of nitrogens with one attached hydrogen (secondary N) is 1. The Morgan fingerprint density at radius 2 is 1.80 bits per heavy atom. The number of nitrogens with zero attached hydrogens (tertiary/aromatic N) is 1. The van der Waals surface area contributed by atoms with E-state index in [1.807, 2.05) is 4.90 Å². The number of carbonyl (C=O) groups is 2. The lowest BCUT2D eigenvalue weighted by Gasteiger charge is -2.25. The van der Waals surface area contributed by atoms with Gasteiger partial charge in [0.2, 0.25) is 11.8 Å². The number of amides is 2. The van der Waals surface area contributed by atoms with Crippen molar-refractivity contribution in [2.45, 2.75) is 64.0 Å². The van der Waals surface area contributed by atoms with E-state index in [1.165, 1.54) is 36.8 Å². The Morgan fingerprint density at radius 3 is 2.44 bits per heavy atom. The molecule has 3 aliphatic rings. The zero-order valence-electron chi connectivity index (χ0n) is 15.0. The van der Waals surface area contributed by atoms with Crippen molar-refractivity contribution in [1.29, 1.82) is 0 Å². The third-order valence-corrected chi connectivity index (χ3v) is 6.12. The highest BCUT2D eigenvalue weighted by molar-refractivity contribution is 5.89. The van der Waals surface area contributed by atoms with Crippen molar-refractivity contribution >= 4 is 11.8 Å². The molecule has 1 saturated heterocycles. The molecule has 134 valence electrons. The fraction of sp³-hybridized carbons (Fsp3) is 0.619. The molecule has 2 amide bonds. The van der Waals surface area contributed by atoms with Gasteiger partial charge in [-0.3, -0.25) is 9.59 Å². The normalized spacial score (nSPS) is 25.4. The van der Waals surface area contributed by atoms with Crippen molar-refractivity contribution in [3.8, 4) is 0 Å². The van der Waals surface area contributed by atoms with Crippen molar-refractivity contribution in [1.82, 2.24) is 10.2 Å². The molecule has 1 aromatic carbocycles. The summed E-state index contributed by atoms with van der Waals surface area (Å²) >= 11 is 0. The largest absolute Gasteiger partial charge is 0.349 e. The van der Waals surface area contributed by atoms with Crippen LogP contribution in [0.3, 0.4) is 0 Å². The molecule has 4 rings (SSSR count). The Labute approximate surface area is 150 Å². The van der Waals surface area contributed by atoms with Crippen LogP contribution in [-0.2, 0) is 9.59 Å². The first kappa shape index (κ1) is 16.6. The summed E-state index contributed by atoms with van der Waals surface area (Å²) in [5.74, 6) is 0.603. The lowest BCUT2D eigenvalue weighted by molar-refractivity contribution is -0.130. The van der Waals surface area contributed by atoms with E-state index in [2.05, 4.69) is 36.5 Å². The van der Waals surface area contributed by atoms with Crippen molar-refractivity contribution in [2.24, 2.45) is 11.8 Å². The van der Waals surface area contributed by atoms with E-state index in [-0.39, 0.29) is 23.8 Å². The Kier molecular flexibility index (Phi) is 4.53. The molecule has 2 aliphatic carbocycles. The first-order valence-corrected chi connectivity index (χ1v) is 9.78. The maximum absolute atomic E-state index is 12.8. The monoisotopic (exact) mass is 340 g/mol. The van der Waals surface area contributed by atoms with Gasteiger partial charge in [-0.2, -0.15) is 0 Å². The molecule has 0 radical (unpaired) electrons. The molecule has 1 aliphatic heterocycles. The van der Waals surface area contributed by atoms with Crippen LogP contribution in [0.4, 0.5) is 0 Å². The van der Waals surface area contributed by atoms with Crippen LogP contribution in [0.25, 0.3) is 0 Å². The van der Waals surface area contributed by atoms with Crippen LogP contribution in [0.2, 0.25) is 0 Å². The number of carbonyl (C=O) groups excluding carboxylic acids is 2. The molecule has 2 atom stereocenters. The molecule has 0 unspecified atom stereocenters. The highest BCUT2D eigenvalue weighted by Gasteiger charge is 2.40. The maximum atomic E-state index is 12.8. The third kappa shape index (κ3) is 3.58. The van der Waals surface area contributed by atoms with Gasteiger partial charge in [-0.25, -0.2) is 0 Å². The van der Waals surface area contributed by atoms with Gasteiger partial charge in [-0.1, -0.05) is 42.7 Å². The number of aryl methyl sites for hydroxylation is 1. The Bertz CT molecular complexity index is 644. The zero-order valence-corrected chi connectivity index (χ0v) is 15.0. The molecule has 3 fully saturated rings. The van der Waals surface area contributed by atoms with Gasteiger partial charge in [0.1, 0.15) is 0 Å². The van der Waals surface area contributed by atoms with Gasteiger partial charge in [0, 0.05) is 19.0 Å². The summed E-state index contributed by atoms with van der Waals surface area (Å²) in [6.45, 7) is 2.69. The van der Waals surface area contributed by atoms with Crippen molar-refractivity contribution in [2.75, 3.05) is 6.54 Å². The Hall–Kier alpha value is -1.84. The van der Waals surface area contributed by atoms with E-state index in [4.69, 9.17) is 0 Å². The molecule has 4 heteroatoms. The smallest absolute Gasteiger partial charge is 0.225 e. The van der Waals surface area contributed by atoms with Crippen molar-refractivity contribution in [3.63, 3.8) is 0 Å². The predicted molar refractivity (Wildman–Crippen MR) is 96.9 cm³/mol. The van der Waals surface area contributed by atoms with Crippen LogP contribution in [0.5, 0.6) is 0 Å². The molecule has 0 aromatic heterocycles. The van der Waals surface area contributed by atoms with Gasteiger partial charge in [-0.05, 0) is 44.1 Å². The van der Waals surface area contributed by atoms with Crippen LogP contribution in [-0.4, -0.2) is 29.3 Å². The Balaban J connectivity index is 1.41.